The number of hydrogen-bond acceptors (Lipinski definition) is 3. The van der Waals surface area contributed by atoms with Crippen molar-refractivity contribution in [3.8, 4) is 0 Å². The second kappa shape index (κ2) is 8.91. The first-order valence-electron chi connectivity index (χ1n) is 9.26. The Morgan fingerprint density at radius 2 is 1.79 bits per heavy atom. The lowest BCUT2D eigenvalue weighted by atomic mass is 9.78. The number of hydrogen-bond donors (Lipinski definition) is 1. The third kappa shape index (κ3) is 4.71. The Labute approximate surface area is 162 Å². The molecule has 1 aliphatic rings. The third-order valence-electron chi connectivity index (χ3n) is 5.28. The Morgan fingerprint density at radius 3 is 2.32 bits per heavy atom. The molecule has 0 spiro atoms. The number of piperidine rings is 1. The fourth-order valence-corrected chi connectivity index (χ4v) is 3.79. The number of likely N-dealkylation sites (tertiary alicyclic amines) is 1. The van der Waals surface area contributed by atoms with E-state index >= 15 is 0 Å². The molecule has 1 aromatic heterocycles. The van der Waals surface area contributed by atoms with Gasteiger partial charge in [0.15, 0.2) is 0 Å². The van der Waals surface area contributed by atoms with E-state index in [4.69, 9.17) is 0 Å². The molecule has 0 aliphatic carbocycles. The van der Waals surface area contributed by atoms with Crippen molar-refractivity contribution in [2.24, 2.45) is 5.92 Å². The van der Waals surface area contributed by atoms with Crippen molar-refractivity contribution in [1.82, 2.24) is 9.88 Å². The first kappa shape index (κ1) is 19.9. The number of aliphatic carboxylic acids is 1. The summed E-state index contributed by atoms with van der Waals surface area (Å²) in [6.45, 7) is 1.01. The summed E-state index contributed by atoms with van der Waals surface area (Å²) in [6, 6.07) is 12.1. The Morgan fingerprint density at radius 1 is 1.11 bits per heavy atom. The Balaban J connectivity index is 1.65. The number of halogens is 2. The van der Waals surface area contributed by atoms with Crippen LogP contribution in [0.5, 0.6) is 0 Å². The molecule has 2 heterocycles. The smallest absolute Gasteiger partial charge is 0.303 e. The zero-order chi connectivity index (χ0) is 20.1. The minimum Gasteiger partial charge on any atom is -0.481 e. The van der Waals surface area contributed by atoms with Crippen LogP contribution in [-0.2, 0) is 4.79 Å². The van der Waals surface area contributed by atoms with Gasteiger partial charge < -0.3 is 10.0 Å². The van der Waals surface area contributed by atoms with Crippen molar-refractivity contribution >= 4 is 11.9 Å². The van der Waals surface area contributed by atoms with Gasteiger partial charge in [-0.1, -0.05) is 30.3 Å². The van der Waals surface area contributed by atoms with Crippen LogP contribution in [0.15, 0.2) is 48.7 Å². The molecule has 2 aromatic rings. The maximum absolute atomic E-state index is 12.6. The average molecular weight is 388 g/mol. The second-order valence-corrected chi connectivity index (χ2v) is 7.02. The Hall–Kier alpha value is -2.83. The van der Waals surface area contributed by atoms with Crippen LogP contribution < -0.4 is 0 Å². The first-order valence-corrected chi connectivity index (χ1v) is 9.26. The Bertz CT molecular complexity index is 804. The zero-order valence-electron chi connectivity index (χ0n) is 15.3. The molecule has 0 bridgehead atoms. The number of carbonyl (C=O) groups is 2. The van der Waals surface area contributed by atoms with E-state index in [9.17, 15) is 23.5 Å². The van der Waals surface area contributed by atoms with Gasteiger partial charge in [-0.3, -0.25) is 14.6 Å². The quantitative estimate of drug-likeness (QED) is 0.808. The molecule has 148 valence electrons. The highest BCUT2D eigenvalue weighted by Gasteiger charge is 2.31. The monoisotopic (exact) mass is 388 g/mol. The van der Waals surface area contributed by atoms with Crippen LogP contribution in [0.25, 0.3) is 0 Å². The van der Waals surface area contributed by atoms with Gasteiger partial charge in [0.25, 0.3) is 12.3 Å². The lowest BCUT2D eigenvalue weighted by Gasteiger charge is -2.36. The van der Waals surface area contributed by atoms with E-state index in [1.54, 1.807) is 4.90 Å². The van der Waals surface area contributed by atoms with E-state index in [0.29, 0.717) is 25.9 Å². The summed E-state index contributed by atoms with van der Waals surface area (Å²) >= 11 is 0. The van der Waals surface area contributed by atoms with Crippen molar-refractivity contribution in [3.63, 3.8) is 0 Å². The number of aromatic nitrogens is 1. The largest absolute Gasteiger partial charge is 0.481 e. The number of benzene rings is 1. The van der Waals surface area contributed by atoms with Gasteiger partial charge in [-0.05, 0) is 42.4 Å². The predicted molar refractivity (Wildman–Crippen MR) is 99.3 cm³/mol. The summed E-state index contributed by atoms with van der Waals surface area (Å²) in [5, 5.41) is 9.30. The van der Waals surface area contributed by atoms with Gasteiger partial charge in [0.1, 0.15) is 5.69 Å². The van der Waals surface area contributed by atoms with Gasteiger partial charge >= 0.3 is 5.97 Å². The summed E-state index contributed by atoms with van der Waals surface area (Å²) < 4.78 is 25.2. The maximum Gasteiger partial charge on any atom is 0.303 e. The molecular formula is C21H22F2N2O3. The van der Waals surface area contributed by atoms with Crippen LogP contribution in [0.3, 0.4) is 0 Å². The molecule has 28 heavy (non-hydrogen) atoms. The highest BCUT2D eigenvalue weighted by molar-refractivity contribution is 5.94. The van der Waals surface area contributed by atoms with Gasteiger partial charge in [-0.2, -0.15) is 0 Å². The number of pyridine rings is 1. The molecule has 1 saturated heterocycles. The van der Waals surface area contributed by atoms with Crippen LogP contribution in [0.1, 0.15) is 53.2 Å². The molecule has 0 saturated carbocycles. The van der Waals surface area contributed by atoms with E-state index in [-0.39, 0.29) is 35.4 Å². The minimum atomic E-state index is -2.66. The van der Waals surface area contributed by atoms with Crippen molar-refractivity contribution in [1.29, 1.82) is 0 Å². The van der Waals surface area contributed by atoms with Crippen LogP contribution in [0, 0.1) is 5.92 Å². The maximum atomic E-state index is 12.6. The summed E-state index contributed by atoms with van der Waals surface area (Å²) in [6.07, 6.45) is -0.0270. The van der Waals surface area contributed by atoms with Gasteiger partial charge in [0, 0.05) is 19.3 Å². The van der Waals surface area contributed by atoms with Crippen LogP contribution in [0.4, 0.5) is 8.78 Å². The summed E-state index contributed by atoms with van der Waals surface area (Å²) in [7, 11) is 0. The van der Waals surface area contributed by atoms with Gasteiger partial charge in [-0.25, -0.2) is 8.78 Å². The van der Waals surface area contributed by atoms with Crippen molar-refractivity contribution in [3.05, 3.63) is 65.5 Å². The molecule has 1 amide bonds. The van der Waals surface area contributed by atoms with Crippen molar-refractivity contribution < 1.29 is 23.5 Å². The molecule has 1 aromatic carbocycles. The van der Waals surface area contributed by atoms with Crippen LogP contribution in [0.2, 0.25) is 0 Å². The fraction of sp³-hybridized carbons (Fsp3) is 0.381. The molecule has 1 unspecified atom stereocenters. The molecule has 1 N–H and O–H groups in total. The molecule has 5 nitrogen and oxygen atoms in total. The molecule has 3 rings (SSSR count). The topological polar surface area (TPSA) is 70.5 Å². The molecule has 1 atom stereocenters. The number of rotatable bonds is 6. The molecule has 0 radical (unpaired) electrons. The van der Waals surface area contributed by atoms with Gasteiger partial charge in [0.05, 0.1) is 12.0 Å². The highest BCUT2D eigenvalue weighted by atomic mass is 19.3. The second-order valence-electron chi connectivity index (χ2n) is 7.02. The highest BCUT2D eigenvalue weighted by Crippen LogP contribution is 2.35. The predicted octanol–water partition coefficient (Wildman–Crippen LogP) is 4.13. The van der Waals surface area contributed by atoms with E-state index in [0.717, 1.165) is 5.56 Å². The zero-order valence-corrected chi connectivity index (χ0v) is 15.3. The Kier molecular flexibility index (Phi) is 6.34. The SMILES string of the molecule is O=C(O)CC(c1ccccc1)C1CCN(C(=O)c2ccc(C(F)F)nc2)CC1. The van der Waals surface area contributed by atoms with Gasteiger partial charge in [0.2, 0.25) is 0 Å². The lowest BCUT2D eigenvalue weighted by Crippen LogP contribution is -2.40. The summed E-state index contributed by atoms with van der Waals surface area (Å²) in [4.78, 5) is 29.3. The molecule has 7 heteroatoms. The van der Waals surface area contributed by atoms with Crippen LogP contribution >= 0.6 is 0 Å². The van der Waals surface area contributed by atoms with Crippen LogP contribution in [-0.4, -0.2) is 40.0 Å². The van der Waals surface area contributed by atoms with Crippen molar-refractivity contribution in [2.45, 2.75) is 31.6 Å². The van der Waals surface area contributed by atoms with E-state index < -0.39 is 12.4 Å². The number of alkyl halides is 2. The molecular weight excluding hydrogens is 366 g/mol. The normalized spacial score (nSPS) is 16.2. The molecule has 1 fully saturated rings. The average Bonchev–Trinajstić information content (AvgIpc) is 2.72. The summed E-state index contributed by atoms with van der Waals surface area (Å²) in [5.74, 6) is -0.997. The van der Waals surface area contributed by atoms with E-state index in [1.165, 1.54) is 18.3 Å². The number of carboxylic acid groups (broad SMARTS) is 1. The first-order chi connectivity index (χ1) is 13.5. The standard InChI is InChI=1S/C21H22F2N2O3/c22-20(23)18-7-6-16(13-24-18)21(28)25-10-8-15(9-11-25)17(12-19(26)27)14-4-2-1-3-5-14/h1-7,13,15,17,20H,8-12H2,(H,26,27). The number of carbonyl (C=O) groups excluding carboxylic acids is 1. The third-order valence-corrected chi connectivity index (χ3v) is 5.28. The van der Waals surface area contributed by atoms with E-state index in [1.807, 2.05) is 30.3 Å². The number of amides is 1. The number of nitrogens with zero attached hydrogens (tertiary/aromatic N) is 2. The summed E-state index contributed by atoms with van der Waals surface area (Å²) in [5.41, 5.74) is 0.934. The molecule has 1 aliphatic heterocycles. The van der Waals surface area contributed by atoms with Crippen molar-refractivity contribution in [2.75, 3.05) is 13.1 Å². The van der Waals surface area contributed by atoms with E-state index in [2.05, 4.69) is 4.98 Å². The fourth-order valence-electron chi connectivity index (χ4n) is 3.79. The lowest BCUT2D eigenvalue weighted by molar-refractivity contribution is -0.137. The minimum absolute atomic E-state index is 0.0572. The van der Waals surface area contributed by atoms with Gasteiger partial charge in [-0.15, -0.1) is 0 Å². The number of carboxylic acids is 1.